The first-order valence-electron chi connectivity index (χ1n) is 20.2. The van der Waals surface area contributed by atoms with E-state index in [-0.39, 0.29) is 35.4 Å². The molecule has 0 amide bonds. The number of nitrogens with zero attached hydrogens (tertiary/aromatic N) is 1. The van der Waals surface area contributed by atoms with Crippen molar-refractivity contribution in [2.75, 3.05) is 4.90 Å². The first-order valence-corrected chi connectivity index (χ1v) is 18.2. The van der Waals surface area contributed by atoms with Gasteiger partial charge in [0.05, 0.1) is 16.6 Å². The van der Waals surface area contributed by atoms with Crippen molar-refractivity contribution in [2.45, 2.75) is 0 Å². The van der Waals surface area contributed by atoms with E-state index in [9.17, 15) is 5.48 Å². The van der Waals surface area contributed by atoms with Gasteiger partial charge in [0.2, 0.25) is 0 Å². The molecule has 252 valence electrons. The lowest BCUT2D eigenvalue weighted by molar-refractivity contribution is 0.672. The van der Waals surface area contributed by atoms with E-state index in [0.717, 1.165) is 70.6 Å². The van der Waals surface area contributed by atoms with Gasteiger partial charge in [0.25, 0.3) is 0 Å². The Morgan fingerprint density at radius 2 is 1.04 bits per heavy atom. The van der Waals surface area contributed by atoms with E-state index in [1.54, 1.807) is 0 Å². The molecule has 1 aromatic heterocycles. The maximum atomic E-state index is 9.83. The fraction of sp³-hybridized carbons (Fsp3) is 0. The molecule has 2 heteroatoms. The second-order valence-electron chi connectivity index (χ2n) is 13.7. The average Bonchev–Trinajstić information content (AvgIpc) is 3.67. The monoisotopic (exact) mass is 691 g/mol. The molecule has 0 aliphatic carbocycles. The van der Waals surface area contributed by atoms with Crippen LogP contribution in [0.5, 0.6) is 0 Å². The number of benzene rings is 10. The Bertz CT molecular complexity index is 3440. The highest BCUT2D eigenvalue weighted by Crippen LogP contribution is 2.46. The van der Waals surface area contributed by atoms with Gasteiger partial charge >= 0.3 is 0 Å². The van der Waals surface area contributed by atoms with Gasteiger partial charge in [-0.1, -0.05) is 152 Å². The minimum absolute atomic E-state index is 0.109. The zero-order valence-electron chi connectivity index (χ0n) is 33.1. The van der Waals surface area contributed by atoms with Crippen LogP contribution in [-0.2, 0) is 0 Å². The summed E-state index contributed by atoms with van der Waals surface area (Å²) in [5, 5.41) is 9.91. The largest absolute Gasteiger partial charge is 0.455 e. The van der Waals surface area contributed by atoms with Gasteiger partial charge in [-0.25, -0.2) is 0 Å². The molecule has 0 N–H and O–H groups in total. The molecule has 54 heavy (non-hydrogen) atoms. The number of fused-ring (bicyclic) bond motifs is 9. The van der Waals surface area contributed by atoms with Crippen molar-refractivity contribution in [3.8, 4) is 22.3 Å². The molecule has 0 unspecified atom stereocenters. The maximum Gasteiger partial charge on any atom is 0.143 e. The summed E-state index contributed by atoms with van der Waals surface area (Å²) in [6.45, 7) is 0. The van der Waals surface area contributed by atoms with Crippen molar-refractivity contribution in [2.24, 2.45) is 0 Å². The second kappa shape index (κ2) is 12.2. The minimum Gasteiger partial charge on any atom is -0.455 e. The molecule has 0 fully saturated rings. The van der Waals surface area contributed by atoms with Crippen LogP contribution in [0.2, 0.25) is 0 Å². The Kier molecular flexibility index (Phi) is 6.02. The maximum absolute atomic E-state index is 9.83. The summed E-state index contributed by atoms with van der Waals surface area (Å²) in [4.78, 5) is 1.89. The molecule has 10 aromatic carbocycles. The minimum atomic E-state index is -0.140. The molecule has 1 heterocycles. The highest BCUT2D eigenvalue weighted by atomic mass is 16.3. The summed E-state index contributed by atoms with van der Waals surface area (Å²) >= 11 is 0. The van der Waals surface area contributed by atoms with E-state index in [1.165, 1.54) is 0 Å². The van der Waals surface area contributed by atoms with Crippen LogP contribution < -0.4 is 4.90 Å². The molecule has 0 saturated heterocycles. The number of anilines is 3. The molecule has 0 aliphatic rings. The van der Waals surface area contributed by atoms with Crippen molar-refractivity contribution >= 4 is 82.1 Å². The molecule has 2 nitrogen and oxygen atoms in total. The van der Waals surface area contributed by atoms with Crippen molar-refractivity contribution in [1.29, 1.82) is 0 Å². The molecule has 0 bridgehead atoms. The summed E-state index contributed by atoms with van der Waals surface area (Å²) in [6.07, 6.45) is 0. The van der Waals surface area contributed by atoms with Crippen LogP contribution >= 0.6 is 0 Å². The Hall–Kier alpha value is -7.16. The molecular weight excluding hydrogens is 655 g/mol. The van der Waals surface area contributed by atoms with E-state index >= 15 is 0 Å². The van der Waals surface area contributed by atoms with E-state index in [0.29, 0.717) is 22.5 Å². The highest BCUT2D eigenvalue weighted by molar-refractivity contribution is 6.20. The van der Waals surface area contributed by atoms with Crippen LogP contribution in [0.1, 0.15) is 5.48 Å². The molecule has 0 saturated carbocycles. The van der Waals surface area contributed by atoms with E-state index in [4.69, 9.17) is 4.42 Å². The fourth-order valence-electron chi connectivity index (χ4n) is 8.21. The quantitative estimate of drug-likeness (QED) is 0.167. The Morgan fingerprint density at radius 1 is 0.389 bits per heavy atom. The lowest BCUT2D eigenvalue weighted by Gasteiger charge is -2.27. The summed E-state index contributed by atoms with van der Waals surface area (Å²) in [5.41, 5.74) is 5.89. The molecule has 11 aromatic rings. The van der Waals surface area contributed by atoms with Crippen molar-refractivity contribution < 1.29 is 9.90 Å². The lowest BCUT2D eigenvalue weighted by Crippen LogP contribution is -2.10. The van der Waals surface area contributed by atoms with Crippen molar-refractivity contribution in [3.63, 3.8) is 0 Å². The first kappa shape index (κ1) is 26.6. The number of furan rings is 1. The Labute approximate surface area is 318 Å². The van der Waals surface area contributed by atoms with Crippen LogP contribution in [0.4, 0.5) is 17.1 Å². The van der Waals surface area contributed by atoms with Gasteiger partial charge in [-0.15, -0.1) is 0 Å². The SMILES string of the molecule is [2H]c1c([2H])c(N(c2cccc(-c3cccc4ccccc34)c2)c2cccc3oc4c5ccccc5ccc4c23)c([2H])c([2H])c1-c1cc2ccccc2c2ccccc12. The van der Waals surface area contributed by atoms with Gasteiger partial charge in [0, 0.05) is 22.1 Å². The van der Waals surface area contributed by atoms with Crippen LogP contribution in [0.3, 0.4) is 0 Å². The molecule has 0 radical (unpaired) electrons. The molecule has 11 rings (SSSR count). The first-order chi connectivity index (χ1) is 28.5. The third-order valence-corrected chi connectivity index (χ3v) is 10.7. The predicted octanol–water partition coefficient (Wildman–Crippen LogP) is 15.0. The van der Waals surface area contributed by atoms with Gasteiger partial charge in [-0.2, -0.15) is 0 Å². The average molecular weight is 692 g/mol. The zero-order valence-corrected chi connectivity index (χ0v) is 29.1. The Morgan fingerprint density at radius 3 is 1.87 bits per heavy atom. The van der Waals surface area contributed by atoms with Crippen LogP contribution in [0.15, 0.2) is 205 Å². The zero-order chi connectivity index (χ0) is 39.1. The standard InChI is InChI=1S/C52H33NO/c1-4-18-41-34(12-1)15-10-23-42(41)37-16-9-17-40(32-37)53(49-24-11-25-50-51(49)47-31-28-35-13-2-6-20-44(35)52(47)54-50)39-29-26-36(27-30-39)48-33-38-14-3-5-19-43(38)45-21-7-8-22-46(45)48/h1-33H/i26D,27D,29D,30D. The van der Waals surface area contributed by atoms with Gasteiger partial charge in [0.15, 0.2) is 0 Å². The van der Waals surface area contributed by atoms with E-state index < -0.39 is 0 Å². The summed E-state index contributed by atoms with van der Waals surface area (Å²) in [7, 11) is 0. The van der Waals surface area contributed by atoms with Crippen LogP contribution in [-0.4, -0.2) is 0 Å². The van der Waals surface area contributed by atoms with Gasteiger partial charge in [-0.05, 0) is 108 Å². The molecule has 0 atom stereocenters. The van der Waals surface area contributed by atoms with Crippen molar-refractivity contribution in [1.82, 2.24) is 0 Å². The topological polar surface area (TPSA) is 16.4 Å². The third kappa shape index (κ3) is 4.81. The number of hydrogen-bond acceptors (Lipinski definition) is 2. The van der Waals surface area contributed by atoms with E-state index in [2.05, 4.69) is 78.9 Å². The van der Waals surface area contributed by atoms with Gasteiger partial charge in [-0.3, -0.25) is 0 Å². The summed E-state index contributed by atoms with van der Waals surface area (Å²) in [5.74, 6) is 0. The van der Waals surface area contributed by atoms with Gasteiger partial charge < -0.3 is 9.32 Å². The van der Waals surface area contributed by atoms with Crippen LogP contribution in [0, 0.1) is 0 Å². The third-order valence-electron chi connectivity index (χ3n) is 10.7. The highest BCUT2D eigenvalue weighted by Gasteiger charge is 2.21. The fourth-order valence-corrected chi connectivity index (χ4v) is 8.21. The summed E-state index contributed by atoms with van der Waals surface area (Å²) < 4.78 is 45.7. The predicted molar refractivity (Wildman–Crippen MR) is 229 cm³/mol. The second-order valence-corrected chi connectivity index (χ2v) is 13.7. The molecular formula is C52H33NO. The van der Waals surface area contributed by atoms with E-state index in [1.807, 2.05) is 102 Å². The Balaban J connectivity index is 1.21. The van der Waals surface area contributed by atoms with Crippen molar-refractivity contribution in [3.05, 3.63) is 200 Å². The van der Waals surface area contributed by atoms with Gasteiger partial charge in [0.1, 0.15) is 11.2 Å². The smallest absolute Gasteiger partial charge is 0.143 e. The lowest BCUT2D eigenvalue weighted by atomic mass is 9.93. The van der Waals surface area contributed by atoms with Crippen LogP contribution in [0.25, 0.3) is 87.3 Å². The number of hydrogen-bond donors (Lipinski definition) is 0. The molecule has 0 aliphatic heterocycles. The normalized spacial score (nSPS) is 12.7. The summed E-state index contributed by atoms with van der Waals surface area (Å²) in [6, 6.07) is 58.4. The number of rotatable bonds is 5. The molecule has 0 spiro atoms.